The Balaban J connectivity index is 3.16. The van der Waals surface area contributed by atoms with Crippen LogP contribution in [0.15, 0.2) is 14.2 Å². The van der Waals surface area contributed by atoms with Gasteiger partial charge in [0.1, 0.15) is 0 Å². The summed E-state index contributed by atoms with van der Waals surface area (Å²) in [6, 6.07) is 0. The van der Waals surface area contributed by atoms with E-state index in [-0.39, 0.29) is 16.1 Å². The van der Waals surface area contributed by atoms with E-state index in [9.17, 15) is 14.8 Å². The normalized spacial score (nSPS) is 10.8. The van der Waals surface area contributed by atoms with Crippen LogP contribution < -0.4 is 16.2 Å². The Morgan fingerprint density at radius 1 is 1.62 bits per heavy atom. The predicted octanol–water partition coefficient (Wildman–Crippen LogP) is -2.15. The summed E-state index contributed by atoms with van der Waals surface area (Å²) >= 11 is 0. The van der Waals surface area contributed by atoms with Gasteiger partial charge >= 0.3 is 22.4 Å². The summed E-state index contributed by atoms with van der Waals surface area (Å²) < 4.78 is 4.89. The lowest BCUT2D eigenvalue weighted by Crippen LogP contribution is -2.38. The van der Waals surface area contributed by atoms with Gasteiger partial charge in [0.05, 0.1) is 5.16 Å². The van der Waals surface area contributed by atoms with Crippen LogP contribution in [0.3, 0.4) is 0 Å². The minimum atomic E-state index is -0.741. The third kappa shape index (κ3) is 0.849. The van der Waals surface area contributed by atoms with Crippen LogP contribution in [0.4, 0.5) is 0 Å². The lowest BCUT2D eigenvalue weighted by atomic mass is 10.5. The van der Waals surface area contributed by atoms with E-state index >= 15 is 0 Å². The van der Waals surface area contributed by atoms with Crippen molar-refractivity contribution in [3.63, 3.8) is 0 Å². The van der Waals surface area contributed by atoms with Gasteiger partial charge in [-0.05, 0) is 4.90 Å². The average Bonchev–Trinajstić information content (AvgIpc) is 2.43. The summed E-state index contributed by atoms with van der Waals surface area (Å²) in [5, 5.41) is 14.0. The van der Waals surface area contributed by atoms with E-state index in [0.717, 1.165) is 4.57 Å². The molecular formula is C5H4N4O4. The summed E-state index contributed by atoms with van der Waals surface area (Å²) in [5.41, 5.74) is -1.85. The zero-order valence-corrected chi connectivity index (χ0v) is 6.47. The molecule has 2 rings (SSSR count). The van der Waals surface area contributed by atoms with Gasteiger partial charge in [0.15, 0.2) is 0 Å². The summed E-state index contributed by atoms with van der Waals surface area (Å²) in [7, 11) is 1.24. The minimum absolute atomic E-state index is 0.0480. The monoisotopic (exact) mass is 184 g/mol. The van der Waals surface area contributed by atoms with Crippen LogP contribution in [0.1, 0.15) is 0 Å². The van der Waals surface area contributed by atoms with E-state index in [1.54, 1.807) is 0 Å². The van der Waals surface area contributed by atoms with Gasteiger partial charge in [0, 0.05) is 7.05 Å². The maximum absolute atomic E-state index is 11.3. The van der Waals surface area contributed by atoms with Gasteiger partial charge in [-0.3, -0.25) is 19.0 Å². The molecule has 0 saturated heterocycles. The number of nitrogens with one attached hydrogen (secondary N) is 1. The van der Waals surface area contributed by atoms with Crippen molar-refractivity contribution >= 4 is 11.2 Å². The Morgan fingerprint density at radius 3 is 3.00 bits per heavy atom. The lowest BCUT2D eigenvalue weighted by Gasteiger charge is -1.90. The molecule has 0 unspecified atom stereocenters. The van der Waals surface area contributed by atoms with Crippen LogP contribution in [0.5, 0.6) is 0 Å². The molecule has 0 radical (unpaired) electrons. The SMILES string of the molecule is Cn1c(=O)[nH]c2no[n+]([O-])c2c1=O. The van der Waals surface area contributed by atoms with E-state index in [0.29, 0.717) is 0 Å². The Bertz CT molecular complexity index is 576. The molecule has 0 bridgehead atoms. The minimum Gasteiger partial charge on any atom is -0.359 e. The second-order valence-electron chi connectivity index (χ2n) is 2.42. The van der Waals surface area contributed by atoms with Crippen molar-refractivity contribution in [1.82, 2.24) is 14.7 Å². The Morgan fingerprint density at radius 2 is 2.31 bits per heavy atom. The highest BCUT2D eigenvalue weighted by Crippen LogP contribution is 1.91. The number of nitrogens with zero attached hydrogens (tertiary/aromatic N) is 3. The zero-order chi connectivity index (χ0) is 9.59. The van der Waals surface area contributed by atoms with Crippen molar-refractivity contribution in [2.24, 2.45) is 7.05 Å². The van der Waals surface area contributed by atoms with Gasteiger partial charge in [0.25, 0.3) is 0 Å². The molecule has 0 atom stereocenters. The van der Waals surface area contributed by atoms with E-state index in [1.165, 1.54) is 7.05 Å². The molecule has 1 N–H and O–H groups in total. The fourth-order valence-corrected chi connectivity index (χ4v) is 0.946. The van der Waals surface area contributed by atoms with E-state index in [2.05, 4.69) is 14.8 Å². The molecule has 2 heterocycles. The predicted molar refractivity (Wildman–Crippen MR) is 38.8 cm³/mol. The molecule has 8 heteroatoms. The van der Waals surface area contributed by atoms with Gasteiger partial charge in [-0.1, -0.05) is 0 Å². The number of hydrogen-bond donors (Lipinski definition) is 1. The standard InChI is InChI=1S/C5H4N4O4/c1-8-4(10)2-3(6-5(8)11)7-13-9(2)12/h1H3,(H,6,7,11). The molecule has 0 spiro atoms. The van der Waals surface area contributed by atoms with Crippen molar-refractivity contribution < 1.29 is 9.53 Å². The second kappa shape index (κ2) is 2.19. The van der Waals surface area contributed by atoms with Gasteiger partial charge < -0.3 is 5.21 Å². The maximum atomic E-state index is 11.3. The Labute approximate surface area is 69.5 Å². The van der Waals surface area contributed by atoms with Crippen molar-refractivity contribution in [3.8, 4) is 0 Å². The lowest BCUT2D eigenvalue weighted by molar-refractivity contribution is -0.782. The molecule has 8 nitrogen and oxygen atoms in total. The number of aromatic amines is 1. The van der Waals surface area contributed by atoms with Crippen molar-refractivity contribution in [2.45, 2.75) is 0 Å². The largest absolute Gasteiger partial charge is 0.359 e. The highest BCUT2D eigenvalue weighted by molar-refractivity contribution is 5.62. The van der Waals surface area contributed by atoms with Crippen LogP contribution >= 0.6 is 0 Å². The van der Waals surface area contributed by atoms with Crippen molar-refractivity contribution in [3.05, 3.63) is 26.0 Å². The molecule has 0 aliphatic carbocycles. The third-order valence-corrected chi connectivity index (χ3v) is 1.65. The summed E-state index contributed by atoms with van der Waals surface area (Å²) in [5.74, 6) is 0. The first-order valence-corrected chi connectivity index (χ1v) is 3.30. The van der Waals surface area contributed by atoms with Crippen LogP contribution in [-0.4, -0.2) is 14.7 Å². The second-order valence-corrected chi connectivity index (χ2v) is 2.42. The van der Waals surface area contributed by atoms with Gasteiger partial charge in [-0.25, -0.2) is 4.79 Å². The highest BCUT2D eigenvalue weighted by atomic mass is 16.8. The third-order valence-electron chi connectivity index (χ3n) is 1.65. The van der Waals surface area contributed by atoms with E-state index < -0.39 is 11.2 Å². The quantitative estimate of drug-likeness (QED) is 0.469. The first kappa shape index (κ1) is 7.53. The zero-order valence-electron chi connectivity index (χ0n) is 6.47. The Hall–Kier alpha value is -2.12. The van der Waals surface area contributed by atoms with Crippen LogP contribution in [0, 0.1) is 5.21 Å². The fourth-order valence-electron chi connectivity index (χ4n) is 0.946. The first-order valence-electron chi connectivity index (χ1n) is 3.30. The molecule has 68 valence electrons. The molecular weight excluding hydrogens is 180 g/mol. The molecule has 2 aromatic rings. The number of fused-ring (bicyclic) bond motifs is 1. The topological polar surface area (TPSA) is 108 Å². The average molecular weight is 184 g/mol. The van der Waals surface area contributed by atoms with Crippen molar-refractivity contribution in [2.75, 3.05) is 0 Å². The van der Waals surface area contributed by atoms with Crippen LogP contribution in [-0.2, 0) is 7.05 Å². The summed E-state index contributed by atoms with van der Waals surface area (Å²) in [6.45, 7) is 0. The van der Waals surface area contributed by atoms with Gasteiger partial charge in [-0.15, -0.1) is 0 Å². The first-order chi connectivity index (χ1) is 6.11. The van der Waals surface area contributed by atoms with Crippen molar-refractivity contribution in [1.29, 1.82) is 0 Å². The van der Waals surface area contributed by atoms with Crippen LogP contribution in [0.2, 0.25) is 0 Å². The number of aromatic nitrogens is 4. The number of rotatable bonds is 0. The summed E-state index contributed by atoms with van der Waals surface area (Å²) in [6.07, 6.45) is 0. The molecule has 0 aromatic carbocycles. The van der Waals surface area contributed by atoms with Gasteiger partial charge in [-0.2, -0.15) is 0 Å². The van der Waals surface area contributed by atoms with Crippen LogP contribution in [0.25, 0.3) is 11.2 Å². The summed E-state index contributed by atoms with van der Waals surface area (Å²) in [4.78, 5) is 24.4. The molecule has 0 amide bonds. The van der Waals surface area contributed by atoms with Gasteiger partial charge in [0.2, 0.25) is 0 Å². The van der Waals surface area contributed by atoms with E-state index in [1.807, 2.05) is 0 Å². The molecule has 0 aliphatic rings. The van der Waals surface area contributed by atoms with E-state index in [4.69, 9.17) is 0 Å². The smallest absolute Gasteiger partial charge is 0.331 e. The molecule has 2 aromatic heterocycles. The molecule has 0 aliphatic heterocycles. The molecule has 0 saturated carbocycles. The number of hydrogen-bond acceptors (Lipinski definition) is 5. The maximum Gasteiger partial charge on any atom is 0.331 e. The Kier molecular flexibility index (Phi) is 1.27. The fraction of sp³-hybridized carbons (Fsp3) is 0.200. The molecule has 0 fully saturated rings. The number of H-pyrrole nitrogens is 1. The molecule has 13 heavy (non-hydrogen) atoms. The highest BCUT2D eigenvalue weighted by Gasteiger charge is 2.16.